The Morgan fingerprint density at radius 1 is 1.57 bits per heavy atom. The summed E-state index contributed by atoms with van der Waals surface area (Å²) in [6.07, 6.45) is 1.86. The third kappa shape index (κ3) is 1.77. The molecule has 1 atom stereocenters. The number of pyridine rings is 1. The van der Waals surface area contributed by atoms with Gasteiger partial charge in [-0.05, 0) is 12.1 Å². The number of hydrogen-bond acceptors (Lipinski definition) is 2. The maximum absolute atomic E-state index is 12.5. The first kappa shape index (κ1) is 9.58. The van der Waals surface area contributed by atoms with Crippen LogP contribution >= 0.6 is 15.9 Å². The van der Waals surface area contributed by atoms with Crippen LogP contribution in [0.1, 0.15) is 6.42 Å². The van der Waals surface area contributed by atoms with Gasteiger partial charge < -0.3 is 4.90 Å². The minimum absolute atomic E-state index is 0.0419. The average Bonchev–Trinajstić information content (AvgIpc) is 2.47. The number of hydrogen-bond donors (Lipinski definition) is 0. The summed E-state index contributed by atoms with van der Waals surface area (Å²) in [6.45, 7) is 0.617. The molecule has 1 aromatic heterocycles. The van der Waals surface area contributed by atoms with E-state index < -0.39 is 5.95 Å². The number of carbonyl (C=O) groups is 1. The zero-order valence-electron chi connectivity index (χ0n) is 7.28. The van der Waals surface area contributed by atoms with Gasteiger partial charge in [-0.2, -0.15) is 4.39 Å². The first-order chi connectivity index (χ1) is 6.66. The zero-order valence-corrected chi connectivity index (χ0v) is 8.87. The van der Waals surface area contributed by atoms with E-state index in [0.29, 0.717) is 18.7 Å². The maximum Gasteiger partial charge on any atom is 0.228 e. The molecule has 1 aliphatic rings. The predicted octanol–water partition coefficient (Wildman–Crippen LogP) is 1.72. The molecule has 0 aromatic carbocycles. The monoisotopic (exact) mass is 258 g/mol. The Balaban J connectivity index is 2.23. The number of aromatic nitrogens is 1. The van der Waals surface area contributed by atoms with Crippen molar-refractivity contribution in [3.05, 3.63) is 24.3 Å². The fourth-order valence-corrected chi connectivity index (χ4v) is 2.01. The Morgan fingerprint density at radius 2 is 2.36 bits per heavy atom. The molecule has 0 radical (unpaired) electrons. The Bertz CT molecular complexity index is 354. The summed E-state index contributed by atoms with van der Waals surface area (Å²) in [4.78, 5) is 16.7. The van der Waals surface area contributed by atoms with Crippen LogP contribution in [0.25, 0.3) is 0 Å². The van der Waals surface area contributed by atoms with E-state index in [1.165, 1.54) is 12.3 Å². The summed E-state index contributed by atoms with van der Waals surface area (Å²) in [5.74, 6) is -0.490. The van der Waals surface area contributed by atoms with Crippen molar-refractivity contribution < 1.29 is 9.18 Å². The molecule has 1 fully saturated rings. The lowest BCUT2D eigenvalue weighted by atomic mass is 10.4. The molecular formula is C9H8BrFN2O. The molecule has 14 heavy (non-hydrogen) atoms. The average molecular weight is 259 g/mol. The molecule has 3 nitrogen and oxygen atoms in total. The lowest BCUT2D eigenvalue weighted by Gasteiger charge is -2.14. The third-order valence-electron chi connectivity index (χ3n) is 2.10. The molecule has 0 saturated carbocycles. The highest BCUT2D eigenvalue weighted by molar-refractivity contribution is 9.09. The molecule has 2 rings (SSSR count). The highest BCUT2D eigenvalue weighted by atomic mass is 79.9. The van der Waals surface area contributed by atoms with Gasteiger partial charge in [0, 0.05) is 17.8 Å². The van der Waals surface area contributed by atoms with Crippen LogP contribution in [0.4, 0.5) is 10.1 Å². The van der Waals surface area contributed by atoms with Gasteiger partial charge in [-0.15, -0.1) is 0 Å². The summed E-state index contributed by atoms with van der Waals surface area (Å²) in [5.41, 5.74) is 0.651. The van der Waals surface area contributed by atoms with Crippen LogP contribution in [0, 0.1) is 5.95 Å². The molecule has 74 valence electrons. The number of halogens is 2. The van der Waals surface area contributed by atoms with Gasteiger partial charge in [-0.1, -0.05) is 15.9 Å². The van der Waals surface area contributed by atoms with Gasteiger partial charge in [0.25, 0.3) is 0 Å². The zero-order chi connectivity index (χ0) is 10.1. The number of anilines is 1. The minimum Gasteiger partial charge on any atom is -0.310 e. The van der Waals surface area contributed by atoms with Crippen LogP contribution in [-0.2, 0) is 4.79 Å². The Hall–Kier alpha value is -0.970. The maximum atomic E-state index is 12.5. The van der Waals surface area contributed by atoms with Crippen LogP contribution in [0.2, 0.25) is 0 Å². The van der Waals surface area contributed by atoms with E-state index >= 15 is 0 Å². The second-order valence-electron chi connectivity index (χ2n) is 3.14. The fraction of sp³-hybridized carbons (Fsp3) is 0.333. The van der Waals surface area contributed by atoms with Crippen molar-refractivity contribution in [2.24, 2.45) is 0 Å². The minimum atomic E-state index is -0.532. The molecule has 0 bridgehead atoms. The molecule has 1 aliphatic heterocycles. The molecule has 1 unspecified atom stereocenters. The molecule has 0 N–H and O–H groups in total. The van der Waals surface area contributed by atoms with Crippen molar-refractivity contribution in [1.29, 1.82) is 0 Å². The summed E-state index contributed by atoms with van der Waals surface area (Å²) in [7, 11) is 0. The number of rotatable bonds is 1. The van der Waals surface area contributed by atoms with E-state index in [-0.39, 0.29) is 10.7 Å². The van der Waals surface area contributed by atoms with Crippen LogP contribution in [0.15, 0.2) is 18.3 Å². The smallest absolute Gasteiger partial charge is 0.228 e. The van der Waals surface area contributed by atoms with Crippen LogP contribution in [0.5, 0.6) is 0 Å². The topological polar surface area (TPSA) is 33.2 Å². The Morgan fingerprint density at radius 3 is 2.86 bits per heavy atom. The SMILES string of the molecule is O=C1CC(Br)CN1c1ccc(F)nc1. The quantitative estimate of drug-likeness (QED) is 0.568. The van der Waals surface area contributed by atoms with Gasteiger partial charge in [0.05, 0.1) is 11.9 Å². The van der Waals surface area contributed by atoms with Crippen molar-refractivity contribution >= 4 is 27.5 Å². The van der Waals surface area contributed by atoms with E-state index in [2.05, 4.69) is 20.9 Å². The number of nitrogens with zero attached hydrogens (tertiary/aromatic N) is 2. The van der Waals surface area contributed by atoms with Crippen LogP contribution in [0.3, 0.4) is 0 Å². The summed E-state index contributed by atoms with van der Waals surface area (Å²) in [6, 6.07) is 2.81. The van der Waals surface area contributed by atoms with Crippen LogP contribution < -0.4 is 4.90 Å². The second-order valence-corrected chi connectivity index (χ2v) is 4.44. The van der Waals surface area contributed by atoms with Gasteiger partial charge in [-0.25, -0.2) is 4.98 Å². The summed E-state index contributed by atoms with van der Waals surface area (Å²) in [5, 5.41) is 0. The number of carbonyl (C=O) groups excluding carboxylic acids is 1. The van der Waals surface area contributed by atoms with Gasteiger partial charge in [0.2, 0.25) is 11.9 Å². The van der Waals surface area contributed by atoms with E-state index in [4.69, 9.17) is 0 Å². The molecule has 5 heteroatoms. The van der Waals surface area contributed by atoms with E-state index in [0.717, 1.165) is 0 Å². The molecule has 2 heterocycles. The highest BCUT2D eigenvalue weighted by Gasteiger charge is 2.28. The van der Waals surface area contributed by atoms with Crippen molar-refractivity contribution in [2.75, 3.05) is 11.4 Å². The second kappa shape index (κ2) is 3.65. The molecule has 0 spiro atoms. The molecule has 1 amide bonds. The normalized spacial score (nSPS) is 21.7. The van der Waals surface area contributed by atoms with Gasteiger partial charge in [-0.3, -0.25) is 4.79 Å². The van der Waals surface area contributed by atoms with E-state index in [1.807, 2.05) is 0 Å². The molecule has 1 saturated heterocycles. The molecule has 1 aromatic rings. The largest absolute Gasteiger partial charge is 0.310 e. The standard InChI is InChI=1S/C9H8BrFN2O/c10-6-3-9(14)13(5-6)7-1-2-8(11)12-4-7/h1-2,4,6H,3,5H2. The first-order valence-electron chi connectivity index (χ1n) is 4.23. The van der Waals surface area contributed by atoms with Crippen molar-refractivity contribution in [3.63, 3.8) is 0 Å². The first-order valence-corrected chi connectivity index (χ1v) is 5.14. The Labute approximate surface area is 89.1 Å². The van der Waals surface area contributed by atoms with Crippen molar-refractivity contribution in [2.45, 2.75) is 11.2 Å². The summed E-state index contributed by atoms with van der Waals surface area (Å²) < 4.78 is 12.5. The predicted molar refractivity (Wildman–Crippen MR) is 53.9 cm³/mol. The fourth-order valence-electron chi connectivity index (χ4n) is 1.44. The lowest BCUT2D eigenvalue weighted by Crippen LogP contribution is -2.24. The van der Waals surface area contributed by atoms with E-state index in [9.17, 15) is 9.18 Å². The number of amides is 1. The van der Waals surface area contributed by atoms with Gasteiger partial charge in [0.15, 0.2) is 0 Å². The molecule has 0 aliphatic carbocycles. The van der Waals surface area contributed by atoms with Gasteiger partial charge >= 0.3 is 0 Å². The van der Waals surface area contributed by atoms with Crippen molar-refractivity contribution in [3.8, 4) is 0 Å². The Kier molecular flexibility index (Phi) is 2.50. The molecular weight excluding hydrogens is 251 g/mol. The highest BCUT2D eigenvalue weighted by Crippen LogP contribution is 2.24. The third-order valence-corrected chi connectivity index (χ3v) is 2.71. The number of alkyl halides is 1. The lowest BCUT2D eigenvalue weighted by molar-refractivity contribution is -0.117. The van der Waals surface area contributed by atoms with Gasteiger partial charge in [0.1, 0.15) is 0 Å². The van der Waals surface area contributed by atoms with Crippen molar-refractivity contribution in [1.82, 2.24) is 4.98 Å². The van der Waals surface area contributed by atoms with E-state index in [1.54, 1.807) is 11.0 Å². The summed E-state index contributed by atoms with van der Waals surface area (Å²) >= 11 is 3.37. The van der Waals surface area contributed by atoms with Crippen LogP contribution in [-0.4, -0.2) is 22.3 Å².